The van der Waals surface area contributed by atoms with Crippen molar-refractivity contribution in [1.82, 2.24) is 5.32 Å². The molecule has 0 aromatic heterocycles. The van der Waals surface area contributed by atoms with E-state index in [0.717, 1.165) is 16.9 Å². The maximum absolute atomic E-state index is 12.2. The molecule has 0 aliphatic carbocycles. The summed E-state index contributed by atoms with van der Waals surface area (Å²) in [4.78, 5) is 12.2. The monoisotopic (exact) mass is 377 g/mol. The van der Waals surface area contributed by atoms with Crippen LogP contribution >= 0.6 is 11.6 Å². The fourth-order valence-electron chi connectivity index (χ4n) is 2.41. The van der Waals surface area contributed by atoms with Gasteiger partial charge in [0.15, 0.2) is 6.10 Å². The van der Waals surface area contributed by atoms with Gasteiger partial charge in [-0.25, -0.2) is 0 Å². The second-order valence-corrected chi connectivity index (χ2v) is 6.33. The summed E-state index contributed by atoms with van der Waals surface area (Å²) in [5, 5.41) is 3.51. The first-order chi connectivity index (χ1) is 12.4. The summed E-state index contributed by atoms with van der Waals surface area (Å²) in [6, 6.07) is 11.0. The Balaban J connectivity index is 1.78. The van der Waals surface area contributed by atoms with Gasteiger partial charge in [0.05, 0.1) is 13.7 Å². The highest BCUT2D eigenvalue weighted by molar-refractivity contribution is 6.32. The van der Waals surface area contributed by atoms with Gasteiger partial charge < -0.3 is 19.5 Å². The molecule has 0 unspecified atom stereocenters. The van der Waals surface area contributed by atoms with Crippen molar-refractivity contribution in [3.63, 3.8) is 0 Å². The highest BCUT2D eigenvalue weighted by Gasteiger charge is 2.15. The van der Waals surface area contributed by atoms with Crippen LogP contribution in [0.2, 0.25) is 5.02 Å². The SMILES string of the molecule is COc1cccc(OCCNC(=O)[C@H](C)Oc2cc(C)c(Cl)c(C)c2)c1. The van der Waals surface area contributed by atoms with Crippen LogP contribution in [-0.4, -0.2) is 32.3 Å². The Labute approximate surface area is 159 Å². The lowest BCUT2D eigenvalue weighted by Gasteiger charge is -2.16. The highest BCUT2D eigenvalue weighted by atomic mass is 35.5. The van der Waals surface area contributed by atoms with E-state index >= 15 is 0 Å². The molecule has 6 heteroatoms. The highest BCUT2D eigenvalue weighted by Crippen LogP contribution is 2.26. The number of hydrogen-bond donors (Lipinski definition) is 1. The number of amides is 1. The molecule has 0 fully saturated rings. The minimum absolute atomic E-state index is 0.204. The maximum atomic E-state index is 12.2. The van der Waals surface area contributed by atoms with Crippen LogP contribution in [0.3, 0.4) is 0 Å². The first kappa shape index (κ1) is 19.9. The van der Waals surface area contributed by atoms with Gasteiger partial charge in [0, 0.05) is 11.1 Å². The average molecular weight is 378 g/mol. The van der Waals surface area contributed by atoms with Crippen molar-refractivity contribution in [2.75, 3.05) is 20.3 Å². The predicted octanol–water partition coefficient (Wildman–Crippen LogP) is 3.93. The number of hydrogen-bond acceptors (Lipinski definition) is 4. The summed E-state index contributed by atoms with van der Waals surface area (Å²) in [6.07, 6.45) is -0.619. The standard InChI is InChI=1S/C20H24ClNO4/c1-13-10-18(11-14(2)19(13)21)26-15(3)20(23)22-8-9-25-17-7-5-6-16(12-17)24-4/h5-7,10-12,15H,8-9H2,1-4H3,(H,22,23)/t15-/m0/s1. The number of carbonyl (C=O) groups excluding carboxylic acids is 1. The molecule has 0 spiro atoms. The molecule has 140 valence electrons. The Morgan fingerprint density at radius 2 is 1.77 bits per heavy atom. The molecule has 1 atom stereocenters. The van der Waals surface area contributed by atoms with Crippen molar-refractivity contribution in [1.29, 1.82) is 0 Å². The van der Waals surface area contributed by atoms with Crippen LogP contribution in [0.5, 0.6) is 17.2 Å². The van der Waals surface area contributed by atoms with Gasteiger partial charge in [-0.2, -0.15) is 0 Å². The number of halogens is 1. The van der Waals surface area contributed by atoms with E-state index in [-0.39, 0.29) is 5.91 Å². The largest absolute Gasteiger partial charge is 0.497 e. The lowest BCUT2D eigenvalue weighted by atomic mass is 10.1. The van der Waals surface area contributed by atoms with E-state index in [4.69, 9.17) is 25.8 Å². The molecule has 0 aliphatic heterocycles. The van der Waals surface area contributed by atoms with Crippen molar-refractivity contribution >= 4 is 17.5 Å². The normalized spacial score (nSPS) is 11.6. The first-order valence-corrected chi connectivity index (χ1v) is 8.76. The lowest BCUT2D eigenvalue weighted by molar-refractivity contribution is -0.127. The molecule has 0 bridgehead atoms. The summed E-state index contributed by atoms with van der Waals surface area (Å²) < 4.78 is 16.4. The molecule has 0 saturated carbocycles. The molecule has 0 saturated heterocycles. The van der Waals surface area contributed by atoms with Crippen LogP contribution in [0.4, 0.5) is 0 Å². The third-order valence-corrected chi connectivity index (χ3v) is 4.40. The third kappa shape index (κ3) is 5.56. The van der Waals surface area contributed by atoms with Gasteiger partial charge in [-0.1, -0.05) is 17.7 Å². The third-order valence-electron chi connectivity index (χ3n) is 3.80. The number of carbonyl (C=O) groups is 1. The van der Waals surface area contributed by atoms with Crippen LogP contribution in [0.25, 0.3) is 0 Å². The van der Waals surface area contributed by atoms with Crippen molar-refractivity contribution in [2.45, 2.75) is 26.9 Å². The summed E-state index contributed by atoms with van der Waals surface area (Å²) >= 11 is 6.15. The zero-order valence-corrected chi connectivity index (χ0v) is 16.2. The van der Waals surface area contributed by atoms with Crippen molar-refractivity contribution in [2.24, 2.45) is 0 Å². The Kier molecular flexibility index (Phi) is 7.16. The average Bonchev–Trinajstić information content (AvgIpc) is 2.63. The minimum atomic E-state index is -0.619. The smallest absolute Gasteiger partial charge is 0.260 e. The maximum Gasteiger partial charge on any atom is 0.260 e. The molecular weight excluding hydrogens is 354 g/mol. The quantitative estimate of drug-likeness (QED) is 0.708. The molecule has 0 aliphatic rings. The van der Waals surface area contributed by atoms with E-state index in [1.165, 1.54) is 0 Å². The van der Waals surface area contributed by atoms with E-state index in [9.17, 15) is 4.79 Å². The number of benzene rings is 2. The van der Waals surface area contributed by atoms with Gasteiger partial charge in [-0.05, 0) is 56.2 Å². The van der Waals surface area contributed by atoms with Crippen molar-refractivity contribution in [3.05, 3.63) is 52.5 Å². The van der Waals surface area contributed by atoms with E-state index < -0.39 is 6.10 Å². The molecule has 5 nitrogen and oxygen atoms in total. The van der Waals surface area contributed by atoms with Crippen LogP contribution in [0.1, 0.15) is 18.1 Å². The Bertz CT molecular complexity index is 740. The molecule has 0 heterocycles. The second-order valence-electron chi connectivity index (χ2n) is 5.95. The molecule has 1 amide bonds. The minimum Gasteiger partial charge on any atom is -0.497 e. The van der Waals surface area contributed by atoms with Crippen LogP contribution in [-0.2, 0) is 4.79 Å². The Morgan fingerprint density at radius 1 is 1.12 bits per heavy atom. The number of ether oxygens (including phenoxy) is 3. The topological polar surface area (TPSA) is 56.8 Å². The van der Waals surface area contributed by atoms with E-state index in [2.05, 4.69) is 5.32 Å². The molecule has 2 aromatic carbocycles. The van der Waals surface area contributed by atoms with Gasteiger partial charge in [0.1, 0.15) is 23.9 Å². The molecule has 0 radical (unpaired) electrons. The van der Waals surface area contributed by atoms with E-state index in [1.807, 2.05) is 44.2 Å². The lowest BCUT2D eigenvalue weighted by Crippen LogP contribution is -2.38. The summed E-state index contributed by atoms with van der Waals surface area (Å²) in [6.45, 7) is 6.25. The Hall–Kier alpha value is -2.40. The van der Waals surface area contributed by atoms with Crippen LogP contribution in [0, 0.1) is 13.8 Å². The number of nitrogens with one attached hydrogen (secondary N) is 1. The zero-order chi connectivity index (χ0) is 19.1. The summed E-state index contributed by atoms with van der Waals surface area (Å²) in [7, 11) is 1.60. The molecular formula is C20H24ClNO4. The molecule has 2 rings (SSSR count). The van der Waals surface area contributed by atoms with Gasteiger partial charge in [-0.15, -0.1) is 0 Å². The van der Waals surface area contributed by atoms with Gasteiger partial charge >= 0.3 is 0 Å². The number of rotatable bonds is 8. The van der Waals surface area contributed by atoms with Gasteiger partial charge in [-0.3, -0.25) is 4.79 Å². The second kappa shape index (κ2) is 9.34. The first-order valence-electron chi connectivity index (χ1n) is 8.38. The molecule has 1 N–H and O–H groups in total. The van der Waals surface area contributed by atoms with Gasteiger partial charge in [0.2, 0.25) is 0 Å². The number of aryl methyl sites for hydroxylation is 2. The van der Waals surface area contributed by atoms with E-state index in [1.54, 1.807) is 20.1 Å². The fraction of sp³-hybridized carbons (Fsp3) is 0.350. The van der Waals surface area contributed by atoms with E-state index in [0.29, 0.717) is 29.7 Å². The summed E-state index contributed by atoms with van der Waals surface area (Å²) in [5.74, 6) is 1.83. The predicted molar refractivity (Wildman–Crippen MR) is 103 cm³/mol. The molecule has 2 aromatic rings. The van der Waals surface area contributed by atoms with Crippen molar-refractivity contribution in [3.8, 4) is 17.2 Å². The fourth-order valence-corrected chi connectivity index (χ4v) is 2.52. The zero-order valence-electron chi connectivity index (χ0n) is 15.5. The van der Waals surface area contributed by atoms with Gasteiger partial charge in [0.25, 0.3) is 5.91 Å². The van der Waals surface area contributed by atoms with Crippen LogP contribution < -0.4 is 19.5 Å². The van der Waals surface area contributed by atoms with Crippen LogP contribution in [0.15, 0.2) is 36.4 Å². The number of methoxy groups -OCH3 is 1. The summed E-state index contributed by atoms with van der Waals surface area (Å²) in [5.41, 5.74) is 1.84. The Morgan fingerprint density at radius 3 is 2.42 bits per heavy atom. The molecule has 26 heavy (non-hydrogen) atoms. The van der Waals surface area contributed by atoms with Crippen molar-refractivity contribution < 1.29 is 19.0 Å².